The molecule has 0 saturated carbocycles. The summed E-state index contributed by atoms with van der Waals surface area (Å²) in [4.78, 5) is 27.1. The normalized spacial score (nSPS) is 11.6. The molecule has 30 heavy (non-hydrogen) atoms. The van der Waals surface area contributed by atoms with Gasteiger partial charge in [-0.15, -0.1) is 10.2 Å². The highest BCUT2D eigenvalue weighted by Gasteiger charge is 2.12. The number of fused-ring (bicyclic) bond motifs is 5. The van der Waals surface area contributed by atoms with Gasteiger partial charge in [0.25, 0.3) is 0 Å². The van der Waals surface area contributed by atoms with Gasteiger partial charge in [0.1, 0.15) is 11.0 Å². The lowest BCUT2D eigenvalue weighted by Gasteiger charge is -2.01. The molecular formula is C21H13N7OS. The maximum atomic E-state index is 11.3. The van der Waals surface area contributed by atoms with Gasteiger partial charge in [0.15, 0.2) is 15.6 Å². The molecule has 144 valence electrons. The van der Waals surface area contributed by atoms with E-state index in [1.165, 1.54) is 18.3 Å². The Hall–Kier alpha value is -3.98. The minimum atomic E-state index is -0.176. The standard InChI is InChI=1S/C21H13N7OS/c1-11(29)22-21-25-19-20(30-21)24-15-9-7-13(10-17(15)23-19)28-26-16-8-6-12-4-2-3-5-14(12)18(16)27-28/h2-10H,1H3,(H,22,23,25,29). The number of carbonyl (C=O) groups excluding carboxylic acids is 1. The summed E-state index contributed by atoms with van der Waals surface area (Å²) in [6.45, 7) is 1.44. The van der Waals surface area contributed by atoms with Crippen LogP contribution in [-0.2, 0) is 4.79 Å². The molecule has 0 spiro atoms. The predicted molar refractivity (Wildman–Crippen MR) is 117 cm³/mol. The fourth-order valence-electron chi connectivity index (χ4n) is 3.46. The molecule has 0 aliphatic rings. The van der Waals surface area contributed by atoms with Gasteiger partial charge in [-0.3, -0.25) is 4.79 Å². The zero-order valence-corrected chi connectivity index (χ0v) is 16.5. The quantitative estimate of drug-likeness (QED) is 0.461. The number of hydrogen-bond donors (Lipinski definition) is 1. The van der Waals surface area contributed by atoms with E-state index in [4.69, 9.17) is 5.10 Å². The molecule has 6 rings (SSSR count). The largest absolute Gasteiger partial charge is 0.302 e. The van der Waals surface area contributed by atoms with E-state index in [2.05, 4.69) is 31.4 Å². The van der Waals surface area contributed by atoms with Crippen LogP contribution in [0.15, 0.2) is 54.6 Å². The highest BCUT2D eigenvalue weighted by molar-refractivity contribution is 7.21. The van der Waals surface area contributed by atoms with Crippen molar-refractivity contribution in [3.05, 3.63) is 54.6 Å². The number of nitrogens with one attached hydrogen (secondary N) is 1. The third-order valence-corrected chi connectivity index (χ3v) is 5.64. The smallest absolute Gasteiger partial charge is 0.223 e. The fraction of sp³-hybridized carbons (Fsp3) is 0.0476. The average molecular weight is 411 g/mol. The zero-order chi connectivity index (χ0) is 20.2. The van der Waals surface area contributed by atoms with Gasteiger partial charge in [-0.25, -0.2) is 9.97 Å². The number of rotatable bonds is 2. The SMILES string of the molecule is CC(=O)Nc1nc2nc3cc(-n4nc5ccc6ccccc6c5n4)ccc3nc2s1. The van der Waals surface area contributed by atoms with Gasteiger partial charge in [0.05, 0.1) is 16.7 Å². The molecule has 1 amide bonds. The summed E-state index contributed by atoms with van der Waals surface area (Å²) in [6, 6.07) is 17.8. The average Bonchev–Trinajstić information content (AvgIpc) is 3.34. The number of nitrogens with zero attached hydrogens (tertiary/aromatic N) is 6. The number of aromatic nitrogens is 6. The molecule has 3 aromatic heterocycles. The molecule has 3 aromatic carbocycles. The van der Waals surface area contributed by atoms with Crippen molar-refractivity contribution in [1.82, 2.24) is 29.9 Å². The Labute approximate surface area is 173 Å². The number of carbonyl (C=O) groups is 1. The van der Waals surface area contributed by atoms with Crippen LogP contribution in [0.5, 0.6) is 0 Å². The number of thiazole rings is 1. The van der Waals surface area contributed by atoms with E-state index >= 15 is 0 Å². The molecule has 6 aromatic rings. The minimum absolute atomic E-state index is 0.176. The number of amides is 1. The lowest BCUT2D eigenvalue weighted by Crippen LogP contribution is -2.04. The van der Waals surface area contributed by atoms with Gasteiger partial charge in [0.2, 0.25) is 5.91 Å². The monoisotopic (exact) mass is 411 g/mol. The summed E-state index contributed by atoms with van der Waals surface area (Å²) in [7, 11) is 0. The van der Waals surface area contributed by atoms with E-state index in [0.717, 1.165) is 33.0 Å². The Morgan fingerprint density at radius 3 is 2.70 bits per heavy atom. The summed E-state index contributed by atoms with van der Waals surface area (Å²) >= 11 is 1.30. The molecule has 0 bridgehead atoms. The summed E-state index contributed by atoms with van der Waals surface area (Å²) in [6.07, 6.45) is 0. The second-order valence-electron chi connectivity index (χ2n) is 6.87. The van der Waals surface area contributed by atoms with E-state index < -0.39 is 0 Å². The predicted octanol–water partition coefficient (Wildman–Crippen LogP) is 4.09. The van der Waals surface area contributed by atoms with E-state index in [1.807, 2.05) is 48.5 Å². The van der Waals surface area contributed by atoms with E-state index in [9.17, 15) is 4.79 Å². The number of hydrogen-bond acceptors (Lipinski definition) is 7. The molecule has 3 heterocycles. The van der Waals surface area contributed by atoms with Crippen LogP contribution in [0.1, 0.15) is 6.92 Å². The molecule has 0 fully saturated rings. The minimum Gasteiger partial charge on any atom is -0.302 e. The topological polar surface area (TPSA) is 98.5 Å². The Balaban J connectivity index is 1.49. The first-order valence-corrected chi connectivity index (χ1v) is 10.1. The summed E-state index contributed by atoms with van der Waals surface area (Å²) in [5, 5.41) is 14.7. The maximum absolute atomic E-state index is 11.3. The molecule has 1 N–H and O–H groups in total. The lowest BCUT2D eigenvalue weighted by molar-refractivity contribution is -0.114. The van der Waals surface area contributed by atoms with Crippen molar-refractivity contribution in [2.45, 2.75) is 6.92 Å². The molecule has 9 heteroatoms. The van der Waals surface area contributed by atoms with E-state index in [-0.39, 0.29) is 5.91 Å². The van der Waals surface area contributed by atoms with Gasteiger partial charge >= 0.3 is 0 Å². The summed E-state index contributed by atoms with van der Waals surface area (Å²) in [5.41, 5.74) is 4.40. The lowest BCUT2D eigenvalue weighted by atomic mass is 10.1. The molecule has 0 saturated heterocycles. The first-order valence-electron chi connectivity index (χ1n) is 9.25. The van der Waals surface area contributed by atoms with Crippen molar-refractivity contribution < 1.29 is 4.79 Å². The number of benzene rings is 3. The first-order chi connectivity index (χ1) is 14.6. The third-order valence-electron chi connectivity index (χ3n) is 4.79. The van der Waals surface area contributed by atoms with Gasteiger partial charge in [-0.05, 0) is 29.7 Å². The molecule has 0 aliphatic carbocycles. The van der Waals surface area contributed by atoms with Crippen molar-refractivity contribution >= 4 is 65.7 Å². The van der Waals surface area contributed by atoms with Crippen LogP contribution in [0, 0.1) is 0 Å². The van der Waals surface area contributed by atoms with Crippen LogP contribution in [-0.4, -0.2) is 35.9 Å². The van der Waals surface area contributed by atoms with Gasteiger partial charge in [-0.2, -0.15) is 9.78 Å². The second-order valence-corrected chi connectivity index (χ2v) is 7.85. The molecule has 8 nitrogen and oxygen atoms in total. The summed E-state index contributed by atoms with van der Waals surface area (Å²) < 4.78 is 0. The van der Waals surface area contributed by atoms with E-state index in [0.29, 0.717) is 21.1 Å². The summed E-state index contributed by atoms with van der Waals surface area (Å²) in [5.74, 6) is -0.176. The Bertz CT molecular complexity index is 1620. The van der Waals surface area contributed by atoms with E-state index in [1.54, 1.807) is 4.80 Å². The van der Waals surface area contributed by atoms with Gasteiger partial charge in [0, 0.05) is 12.3 Å². The Morgan fingerprint density at radius 1 is 0.933 bits per heavy atom. The van der Waals surface area contributed by atoms with Crippen molar-refractivity contribution in [1.29, 1.82) is 0 Å². The van der Waals surface area contributed by atoms with Crippen LogP contribution >= 0.6 is 11.3 Å². The highest BCUT2D eigenvalue weighted by atomic mass is 32.1. The molecule has 0 aliphatic heterocycles. The maximum Gasteiger partial charge on any atom is 0.223 e. The van der Waals surface area contributed by atoms with Gasteiger partial charge in [-0.1, -0.05) is 41.7 Å². The highest BCUT2D eigenvalue weighted by Crippen LogP contribution is 2.27. The Morgan fingerprint density at radius 2 is 1.80 bits per heavy atom. The van der Waals surface area contributed by atoms with Crippen molar-refractivity contribution in [3.8, 4) is 5.69 Å². The van der Waals surface area contributed by atoms with Crippen LogP contribution in [0.25, 0.3) is 49.0 Å². The molecule has 0 unspecified atom stereocenters. The van der Waals surface area contributed by atoms with Crippen LogP contribution < -0.4 is 5.32 Å². The van der Waals surface area contributed by atoms with Crippen molar-refractivity contribution in [2.75, 3.05) is 5.32 Å². The number of anilines is 1. The third kappa shape index (κ3) is 2.67. The van der Waals surface area contributed by atoms with Crippen LogP contribution in [0.4, 0.5) is 5.13 Å². The fourth-order valence-corrected chi connectivity index (χ4v) is 4.30. The van der Waals surface area contributed by atoms with Crippen LogP contribution in [0.2, 0.25) is 0 Å². The second kappa shape index (κ2) is 6.26. The van der Waals surface area contributed by atoms with Crippen LogP contribution in [0.3, 0.4) is 0 Å². The molecule has 0 radical (unpaired) electrons. The first kappa shape index (κ1) is 16.9. The van der Waals surface area contributed by atoms with Crippen molar-refractivity contribution in [2.24, 2.45) is 0 Å². The zero-order valence-electron chi connectivity index (χ0n) is 15.7. The molecular weight excluding hydrogens is 398 g/mol. The molecule has 0 atom stereocenters. The van der Waals surface area contributed by atoms with Crippen molar-refractivity contribution in [3.63, 3.8) is 0 Å². The Kier molecular flexibility index (Phi) is 3.53. The van der Waals surface area contributed by atoms with Gasteiger partial charge < -0.3 is 5.32 Å².